The third-order valence-electron chi connectivity index (χ3n) is 2.05. The second-order valence-corrected chi connectivity index (χ2v) is 3.77. The van der Waals surface area contributed by atoms with Crippen molar-refractivity contribution in [1.82, 2.24) is 9.38 Å². The summed E-state index contributed by atoms with van der Waals surface area (Å²) < 4.78 is 1.98. The van der Waals surface area contributed by atoms with Crippen LogP contribution in [0.3, 0.4) is 0 Å². The number of hydrogen-bond acceptors (Lipinski definition) is 1. The van der Waals surface area contributed by atoms with Crippen LogP contribution in [0, 0.1) is 0 Å². The molecule has 0 amide bonds. The smallest absolute Gasteiger partial charge is 0.116 e. The molecule has 0 aromatic carbocycles. The van der Waals surface area contributed by atoms with Crippen LogP contribution in [0.1, 0.15) is 25.6 Å². The normalized spacial score (nSPS) is 11.4. The SMILES string of the molecule is CC(C)c1ncc2cccc(Cl)n12. The van der Waals surface area contributed by atoms with Crippen molar-refractivity contribution in [3.05, 3.63) is 35.4 Å². The molecule has 0 saturated carbocycles. The van der Waals surface area contributed by atoms with Crippen molar-refractivity contribution in [3.63, 3.8) is 0 Å². The second-order valence-electron chi connectivity index (χ2n) is 3.38. The summed E-state index contributed by atoms with van der Waals surface area (Å²) in [6.07, 6.45) is 1.85. The van der Waals surface area contributed by atoms with Crippen LogP contribution in [0.25, 0.3) is 5.52 Å². The van der Waals surface area contributed by atoms with Crippen molar-refractivity contribution in [2.45, 2.75) is 19.8 Å². The fourth-order valence-corrected chi connectivity index (χ4v) is 1.70. The lowest BCUT2D eigenvalue weighted by molar-refractivity contribution is 0.770. The Morgan fingerprint density at radius 3 is 2.85 bits per heavy atom. The Kier molecular flexibility index (Phi) is 2.00. The number of pyridine rings is 1. The van der Waals surface area contributed by atoms with Crippen LogP contribution in [-0.2, 0) is 0 Å². The van der Waals surface area contributed by atoms with E-state index in [2.05, 4.69) is 18.8 Å². The van der Waals surface area contributed by atoms with Gasteiger partial charge < -0.3 is 0 Å². The summed E-state index contributed by atoms with van der Waals surface area (Å²) in [6, 6.07) is 5.82. The molecule has 0 fully saturated rings. The molecule has 0 spiro atoms. The van der Waals surface area contributed by atoms with Crippen molar-refractivity contribution in [1.29, 1.82) is 0 Å². The van der Waals surface area contributed by atoms with Gasteiger partial charge >= 0.3 is 0 Å². The molecule has 13 heavy (non-hydrogen) atoms. The van der Waals surface area contributed by atoms with Gasteiger partial charge in [-0.15, -0.1) is 0 Å². The molecule has 0 bridgehead atoms. The molecule has 2 aromatic rings. The van der Waals surface area contributed by atoms with E-state index in [9.17, 15) is 0 Å². The van der Waals surface area contributed by atoms with Crippen molar-refractivity contribution >= 4 is 17.1 Å². The first-order chi connectivity index (χ1) is 6.20. The summed E-state index contributed by atoms with van der Waals surface area (Å²) in [5.41, 5.74) is 1.05. The van der Waals surface area contributed by atoms with Crippen LogP contribution in [0.5, 0.6) is 0 Å². The molecule has 0 atom stereocenters. The Labute approximate surface area is 82.2 Å². The summed E-state index contributed by atoms with van der Waals surface area (Å²) in [5.74, 6) is 1.41. The highest BCUT2D eigenvalue weighted by Gasteiger charge is 2.08. The molecule has 0 aliphatic rings. The molecule has 2 rings (SSSR count). The Balaban J connectivity index is 2.79. The van der Waals surface area contributed by atoms with Crippen molar-refractivity contribution < 1.29 is 0 Å². The minimum absolute atomic E-state index is 0.391. The number of aromatic nitrogens is 2. The lowest BCUT2D eigenvalue weighted by atomic mass is 10.2. The maximum Gasteiger partial charge on any atom is 0.116 e. The van der Waals surface area contributed by atoms with Gasteiger partial charge in [-0.3, -0.25) is 4.40 Å². The lowest BCUT2D eigenvalue weighted by Gasteiger charge is -2.05. The van der Waals surface area contributed by atoms with E-state index in [1.54, 1.807) is 0 Å². The van der Waals surface area contributed by atoms with Crippen LogP contribution in [0.4, 0.5) is 0 Å². The summed E-state index contributed by atoms with van der Waals surface area (Å²) in [5, 5.41) is 0.721. The molecule has 0 N–H and O–H groups in total. The molecular weight excluding hydrogens is 184 g/mol. The van der Waals surface area contributed by atoms with E-state index in [-0.39, 0.29) is 0 Å². The van der Waals surface area contributed by atoms with E-state index in [1.807, 2.05) is 28.8 Å². The van der Waals surface area contributed by atoms with E-state index >= 15 is 0 Å². The highest BCUT2D eigenvalue weighted by molar-refractivity contribution is 6.29. The Morgan fingerprint density at radius 1 is 1.38 bits per heavy atom. The van der Waals surface area contributed by atoms with Gasteiger partial charge in [-0.25, -0.2) is 4.98 Å². The van der Waals surface area contributed by atoms with E-state index in [0.29, 0.717) is 5.92 Å². The molecule has 3 heteroatoms. The fourth-order valence-electron chi connectivity index (χ4n) is 1.44. The molecular formula is C10H11ClN2. The second kappa shape index (κ2) is 3.04. The average Bonchev–Trinajstić information content (AvgIpc) is 2.49. The van der Waals surface area contributed by atoms with Crippen LogP contribution in [-0.4, -0.2) is 9.38 Å². The topological polar surface area (TPSA) is 17.3 Å². The van der Waals surface area contributed by atoms with E-state index in [0.717, 1.165) is 16.5 Å². The first-order valence-electron chi connectivity index (χ1n) is 4.32. The van der Waals surface area contributed by atoms with Gasteiger partial charge in [-0.05, 0) is 12.1 Å². The number of halogens is 1. The summed E-state index contributed by atoms with van der Waals surface area (Å²) in [4.78, 5) is 4.33. The van der Waals surface area contributed by atoms with Crippen LogP contribution >= 0.6 is 11.6 Å². The fraction of sp³-hybridized carbons (Fsp3) is 0.300. The van der Waals surface area contributed by atoms with E-state index in [4.69, 9.17) is 11.6 Å². The first-order valence-corrected chi connectivity index (χ1v) is 4.70. The lowest BCUT2D eigenvalue weighted by Crippen LogP contribution is -1.97. The highest BCUT2D eigenvalue weighted by atomic mass is 35.5. The van der Waals surface area contributed by atoms with Crippen molar-refractivity contribution in [2.75, 3.05) is 0 Å². The number of imidazole rings is 1. The Morgan fingerprint density at radius 2 is 2.15 bits per heavy atom. The molecule has 0 unspecified atom stereocenters. The van der Waals surface area contributed by atoms with Gasteiger partial charge in [0.05, 0.1) is 11.7 Å². The monoisotopic (exact) mass is 194 g/mol. The zero-order valence-corrected chi connectivity index (χ0v) is 8.42. The van der Waals surface area contributed by atoms with Gasteiger partial charge in [-0.2, -0.15) is 0 Å². The largest absolute Gasteiger partial charge is 0.287 e. The molecule has 0 aliphatic carbocycles. The van der Waals surface area contributed by atoms with Crippen LogP contribution < -0.4 is 0 Å². The van der Waals surface area contributed by atoms with Crippen LogP contribution in [0.15, 0.2) is 24.4 Å². The highest BCUT2D eigenvalue weighted by Crippen LogP contribution is 2.20. The number of hydrogen-bond donors (Lipinski definition) is 0. The average molecular weight is 195 g/mol. The molecule has 2 nitrogen and oxygen atoms in total. The summed E-state index contributed by atoms with van der Waals surface area (Å²) >= 11 is 6.07. The zero-order chi connectivity index (χ0) is 9.42. The Bertz CT molecular complexity index is 431. The summed E-state index contributed by atoms with van der Waals surface area (Å²) in [6.45, 7) is 4.22. The Hall–Kier alpha value is -1.02. The predicted octanol–water partition coefficient (Wildman–Crippen LogP) is 3.11. The zero-order valence-electron chi connectivity index (χ0n) is 7.66. The third kappa shape index (κ3) is 1.31. The minimum Gasteiger partial charge on any atom is -0.287 e. The van der Waals surface area contributed by atoms with Gasteiger partial charge in [0.1, 0.15) is 11.0 Å². The molecule has 0 aliphatic heterocycles. The standard InChI is InChI=1S/C10H11ClN2/c1-7(2)10-12-6-8-4-3-5-9(11)13(8)10/h3-7H,1-2H3. The van der Waals surface area contributed by atoms with Crippen LogP contribution in [0.2, 0.25) is 5.15 Å². The van der Waals surface area contributed by atoms with Crippen molar-refractivity contribution in [2.24, 2.45) is 0 Å². The minimum atomic E-state index is 0.391. The number of fused-ring (bicyclic) bond motifs is 1. The molecule has 0 saturated heterocycles. The third-order valence-corrected chi connectivity index (χ3v) is 2.34. The molecule has 2 heterocycles. The van der Waals surface area contributed by atoms with Gasteiger partial charge in [0.25, 0.3) is 0 Å². The van der Waals surface area contributed by atoms with Gasteiger partial charge in [0.2, 0.25) is 0 Å². The molecule has 2 aromatic heterocycles. The maximum absolute atomic E-state index is 6.07. The first kappa shape index (κ1) is 8.57. The van der Waals surface area contributed by atoms with Gasteiger partial charge in [-0.1, -0.05) is 31.5 Å². The summed E-state index contributed by atoms with van der Waals surface area (Å²) in [7, 11) is 0. The quantitative estimate of drug-likeness (QED) is 0.638. The van der Waals surface area contributed by atoms with Gasteiger partial charge in [0.15, 0.2) is 0 Å². The maximum atomic E-state index is 6.07. The van der Waals surface area contributed by atoms with Gasteiger partial charge in [0, 0.05) is 5.92 Å². The predicted molar refractivity (Wildman–Crippen MR) is 54.3 cm³/mol. The number of rotatable bonds is 1. The molecule has 68 valence electrons. The number of nitrogens with zero attached hydrogens (tertiary/aromatic N) is 2. The van der Waals surface area contributed by atoms with E-state index < -0.39 is 0 Å². The molecule has 0 radical (unpaired) electrons. The van der Waals surface area contributed by atoms with Crippen molar-refractivity contribution in [3.8, 4) is 0 Å². The van der Waals surface area contributed by atoms with E-state index in [1.165, 1.54) is 0 Å².